The lowest BCUT2D eigenvalue weighted by atomic mass is 10.2. The molecule has 0 bridgehead atoms. The molecule has 1 N–H and O–H groups in total. The number of carboxylic acids is 1. The third kappa shape index (κ3) is 4.28. The molecule has 0 aliphatic rings. The van der Waals surface area contributed by atoms with E-state index in [1.165, 1.54) is 36.0 Å². The van der Waals surface area contributed by atoms with Crippen molar-refractivity contribution in [3.63, 3.8) is 0 Å². The van der Waals surface area contributed by atoms with Crippen molar-refractivity contribution in [1.82, 2.24) is 0 Å². The predicted octanol–water partition coefficient (Wildman–Crippen LogP) is 3.70. The lowest BCUT2D eigenvalue weighted by molar-refractivity contribution is 0.0697. The van der Waals surface area contributed by atoms with Gasteiger partial charge in [0.05, 0.1) is 12.2 Å². The zero-order chi connectivity index (χ0) is 14.4. The molecule has 0 aromatic heterocycles. The van der Waals surface area contributed by atoms with Gasteiger partial charge in [0.2, 0.25) is 0 Å². The Bertz CT molecular complexity index is 584. The van der Waals surface area contributed by atoms with Crippen molar-refractivity contribution < 1.29 is 19.0 Å². The molecule has 0 aliphatic carbocycles. The Morgan fingerprint density at radius 1 is 1.20 bits per heavy atom. The third-order valence-electron chi connectivity index (χ3n) is 2.52. The van der Waals surface area contributed by atoms with E-state index in [4.69, 9.17) is 9.84 Å². The Morgan fingerprint density at radius 2 is 1.95 bits per heavy atom. The third-order valence-corrected chi connectivity index (χ3v) is 3.48. The number of carbonyl (C=O) groups is 1. The van der Waals surface area contributed by atoms with Gasteiger partial charge in [0.15, 0.2) is 0 Å². The first kappa shape index (κ1) is 14.4. The molecule has 2 aromatic rings. The number of benzene rings is 2. The van der Waals surface area contributed by atoms with E-state index in [2.05, 4.69) is 0 Å². The van der Waals surface area contributed by atoms with Crippen molar-refractivity contribution in [2.24, 2.45) is 0 Å². The van der Waals surface area contributed by atoms with Gasteiger partial charge < -0.3 is 9.84 Å². The van der Waals surface area contributed by atoms with E-state index in [-0.39, 0.29) is 11.4 Å². The first-order chi connectivity index (χ1) is 9.65. The van der Waals surface area contributed by atoms with E-state index >= 15 is 0 Å². The molecule has 5 heteroatoms. The molecule has 2 aromatic carbocycles. The normalized spacial score (nSPS) is 10.2. The molecule has 0 heterocycles. The summed E-state index contributed by atoms with van der Waals surface area (Å²) in [5.74, 6) is 0.0951. The summed E-state index contributed by atoms with van der Waals surface area (Å²) in [6.07, 6.45) is 0. The minimum Gasteiger partial charge on any atom is -0.493 e. The SMILES string of the molecule is O=C(O)c1ccc(OCCSc2cccc(F)c2)cc1. The highest BCUT2D eigenvalue weighted by Gasteiger charge is 2.02. The van der Waals surface area contributed by atoms with Gasteiger partial charge in [-0.1, -0.05) is 6.07 Å². The zero-order valence-corrected chi connectivity index (χ0v) is 11.4. The van der Waals surface area contributed by atoms with Crippen molar-refractivity contribution in [2.45, 2.75) is 4.90 Å². The van der Waals surface area contributed by atoms with Crippen molar-refractivity contribution in [3.05, 3.63) is 59.9 Å². The van der Waals surface area contributed by atoms with E-state index in [1.807, 2.05) is 6.07 Å². The van der Waals surface area contributed by atoms with Crippen LogP contribution in [-0.4, -0.2) is 23.4 Å². The summed E-state index contributed by atoms with van der Waals surface area (Å²) in [6.45, 7) is 0.466. The van der Waals surface area contributed by atoms with Crippen LogP contribution in [-0.2, 0) is 0 Å². The molecule has 0 radical (unpaired) electrons. The zero-order valence-electron chi connectivity index (χ0n) is 10.6. The lowest BCUT2D eigenvalue weighted by Gasteiger charge is -2.06. The van der Waals surface area contributed by atoms with E-state index in [0.717, 1.165) is 4.90 Å². The Kier molecular flexibility index (Phi) is 5.01. The summed E-state index contributed by atoms with van der Waals surface area (Å²) >= 11 is 1.50. The number of ether oxygens (including phenoxy) is 1. The Hall–Kier alpha value is -2.01. The van der Waals surface area contributed by atoms with Crippen LogP contribution in [0, 0.1) is 5.82 Å². The molecule has 0 amide bonds. The number of halogens is 1. The first-order valence-corrected chi connectivity index (χ1v) is 6.98. The second kappa shape index (κ2) is 6.96. The van der Waals surface area contributed by atoms with Crippen LogP contribution in [0.4, 0.5) is 4.39 Å². The predicted molar refractivity (Wildman–Crippen MR) is 76.0 cm³/mol. The topological polar surface area (TPSA) is 46.5 Å². The van der Waals surface area contributed by atoms with Crippen molar-refractivity contribution in [1.29, 1.82) is 0 Å². The van der Waals surface area contributed by atoms with Gasteiger partial charge in [0, 0.05) is 10.6 Å². The average molecular weight is 292 g/mol. The standard InChI is InChI=1S/C15H13FO3S/c16-12-2-1-3-14(10-12)20-9-8-19-13-6-4-11(5-7-13)15(17)18/h1-7,10H,8-9H2,(H,17,18). The minimum absolute atomic E-state index is 0.228. The van der Waals surface area contributed by atoms with E-state index in [9.17, 15) is 9.18 Å². The van der Waals surface area contributed by atoms with Gasteiger partial charge in [-0.15, -0.1) is 11.8 Å². The van der Waals surface area contributed by atoms with Crippen LogP contribution in [0.15, 0.2) is 53.4 Å². The van der Waals surface area contributed by atoms with E-state index < -0.39 is 5.97 Å². The molecule has 104 valence electrons. The summed E-state index contributed by atoms with van der Waals surface area (Å²) in [5.41, 5.74) is 0.228. The van der Waals surface area contributed by atoms with Gasteiger partial charge in [-0.2, -0.15) is 0 Å². The summed E-state index contributed by atoms with van der Waals surface area (Å²) in [4.78, 5) is 11.5. The molecule has 0 unspecified atom stereocenters. The van der Waals surface area contributed by atoms with Crippen LogP contribution in [0.5, 0.6) is 5.75 Å². The number of rotatable bonds is 6. The van der Waals surface area contributed by atoms with Gasteiger partial charge in [-0.05, 0) is 42.5 Å². The van der Waals surface area contributed by atoms with Gasteiger partial charge >= 0.3 is 5.97 Å². The number of thioether (sulfide) groups is 1. The fourth-order valence-electron chi connectivity index (χ4n) is 1.57. The number of carboxylic acid groups (broad SMARTS) is 1. The van der Waals surface area contributed by atoms with Crippen LogP contribution in [0.2, 0.25) is 0 Å². The lowest BCUT2D eigenvalue weighted by Crippen LogP contribution is -2.01. The highest BCUT2D eigenvalue weighted by atomic mass is 32.2. The van der Waals surface area contributed by atoms with Crippen LogP contribution < -0.4 is 4.74 Å². The quantitative estimate of drug-likeness (QED) is 0.651. The highest BCUT2D eigenvalue weighted by molar-refractivity contribution is 7.99. The maximum Gasteiger partial charge on any atom is 0.335 e. The average Bonchev–Trinajstić information content (AvgIpc) is 2.44. The number of aromatic carboxylic acids is 1. The molecular formula is C15H13FO3S. The van der Waals surface area contributed by atoms with Crippen LogP contribution in [0.3, 0.4) is 0 Å². The van der Waals surface area contributed by atoms with Crippen LogP contribution in [0.1, 0.15) is 10.4 Å². The highest BCUT2D eigenvalue weighted by Crippen LogP contribution is 2.19. The number of hydrogen-bond acceptors (Lipinski definition) is 3. The van der Waals surface area contributed by atoms with Crippen LogP contribution in [0.25, 0.3) is 0 Å². The van der Waals surface area contributed by atoms with Gasteiger partial charge in [0.25, 0.3) is 0 Å². The smallest absolute Gasteiger partial charge is 0.335 e. The van der Waals surface area contributed by atoms with Gasteiger partial charge in [-0.25, -0.2) is 9.18 Å². The fourth-order valence-corrected chi connectivity index (χ4v) is 2.34. The fraction of sp³-hybridized carbons (Fsp3) is 0.133. The molecule has 3 nitrogen and oxygen atoms in total. The Labute approximate surface area is 120 Å². The maximum atomic E-state index is 13.0. The first-order valence-electron chi connectivity index (χ1n) is 6.00. The molecule has 0 spiro atoms. The maximum absolute atomic E-state index is 13.0. The molecule has 20 heavy (non-hydrogen) atoms. The molecule has 0 saturated heterocycles. The second-order valence-electron chi connectivity index (χ2n) is 3.98. The molecule has 0 aliphatic heterocycles. The molecule has 2 rings (SSSR count). The number of hydrogen-bond donors (Lipinski definition) is 1. The molecule has 0 fully saturated rings. The monoisotopic (exact) mass is 292 g/mol. The van der Waals surface area contributed by atoms with E-state index in [0.29, 0.717) is 18.1 Å². The molecule has 0 saturated carbocycles. The van der Waals surface area contributed by atoms with Gasteiger partial charge in [-0.3, -0.25) is 0 Å². The molecule has 0 atom stereocenters. The Balaban J connectivity index is 1.77. The van der Waals surface area contributed by atoms with E-state index in [1.54, 1.807) is 18.2 Å². The summed E-state index contributed by atoms with van der Waals surface area (Å²) in [5, 5.41) is 8.76. The summed E-state index contributed by atoms with van der Waals surface area (Å²) in [7, 11) is 0. The summed E-state index contributed by atoms with van der Waals surface area (Å²) < 4.78 is 18.4. The minimum atomic E-state index is -0.960. The van der Waals surface area contributed by atoms with Crippen molar-refractivity contribution in [2.75, 3.05) is 12.4 Å². The largest absolute Gasteiger partial charge is 0.493 e. The van der Waals surface area contributed by atoms with Crippen molar-refractivity contribution >= 4 is 17.7 Å². The van der Waals surface area contributed by atoms with Crippen LogP contribution >= 0.6 is 11.8 Å². The Morgan fingerprint density at radius 3 is 2.60 bits per heavy atom. The van der Waals surface area contributed by atoms with Gasteiger partial charge in [0.1, 0.15) is 11.6 Å². The molecular weight excluding hydrogens is 279 g/mol. The van der Waals surface area contributed by atoms with Crippen molar-refractivity contribution in [3.8, 4) is 5.75 Å². The second-order valence-corrected chi connectivity index (χ2v) is 5.15. The summed E-state index contributed by atoms with van der Waals surface area (Å²) in [6, 6.07) is 12.6.